The Morgan fingerprint density at radius 3 is 2.57 bits per heavy atom. The van der Waals surface area contributed by atoms with Gasteiger partial charge in [0.25, 0.3) is 0 Å². The van der Waals surface area contributed by atoms with Crippen LogP contribution in [0.15, 0.2) is 23.1 Å². The second-order valence-electron chi connectivity index (χ2n) is 5.86. The quantitative estimate of drug-likeness (QED) is 0.891. The molecule has 1 heterocycles. The van der Waals surface area contributed by atoms with Crippen molar-refractivity contribution in [3.05, 3.63) is 29.3 Å². The van der Waals surface area contributed by atoms with Gasteiger partial charge in [-0.15, -0.1) is 0 Å². The SMILES string of the molecule is CSC1CCC(NS(=O)(=O)c2ccc3c(c2)CNC3)CC1. The van der Waals surface area contributed by atoms with Crippen molar-refractivity contribution in [2.24, 2.45) is 0 Å². The van der Waals surface area contributed by atoms with Crippen molar-refractivity contribution in [2.45, 2.75) is 55.0 Å². The summed E-state index contributed by atoms with van der Waals surface area (Å²) >= 11 is 1.89. The zero-order valence-corrected chi connectivity index (χ0v) is 13.9. The van der Waals surface area contributed by atoms with E-state index in [1.165, 1.54) is 5.56 Å². The van der Waals surface area contributed by atoms with Crippen LogP contribution in [-0.2, 0) is 23.1 Å². The van der Waals surface area contributed by atoms with Crippen molar-refractivity contribution >= 4 is 21.8 Å². The van der Waals surface area contributed by atoms with E-state index in [0.29, 0.717) is 10.1 Å². The van der Waals surface area contributed by atoms with Crippen LogP contribution >= 0.6 is 11.8 Å². The van der Waals surface area contributed by atoms with E-state index in [1.807, 2.05) is 23.9 Å². The summed E-state index contributed by atoms with van der Waals surface area (Å²) < 4.78 is 27.9. The minimum atomic E-state index is -3.39. The Balaban J connectivity index is 1.70. The van der Waals surface area contributed by atoms with Crippen LogP contribution in [0.2, 0.25) is 0 Å². The Labute approximate surface area is 131 Å². The average Bonchev–Trinajstić information content (AvgIpc) is 2.95. The van der Waals surface area contributed by atoms with Crippen LogP contribution in [0.1, 0.15) is 36.8 Å². The van der Waals surface area contributed by atoms with E-state index in [1.54, 1.807) is 6.07 Å². The maximum Gasteiger partial charge on any atom is 0.240 e. The topological polar surface area (TPSA) is 58.2 Å². The van der Waals surface area contributed by atoms with Gasteiger partial charge in [0.1, 0.15) is 0 Å². The Bertz CT molecular complexity index is 608. The molecule has 0 amide bonds. The third-order valence-corrected chi connectivity index (χ3v) is 7.10. The molecule has 0 unspecified atom stereocenters. The number of benzene rings is 1. The van der Waals surface area contributed by atoms with Crippen molar-refractivity contribution in [2.75, 3.05) is 6.26 Å². The highest BCUT2D eigenvalue weighted by molar-refractivity contribution is 7.99. The fraction of sp³-hybridized carbons (Fsp3) is 0.600. The smallest absolute Gasteiger partial charge is 0.240 e. The van der Waals surface area contributed by atoms with Gasteiger partial charge in [-0.3, -0.25) is 0 Å². The second-order valence-corrected chi connectivity index (χ2v) is 8.72. The molecule has 0 bridgehead atoms. The summed E-state index contributed by atoms with van der Waals surface area (Å²) in [7, 11) is -3.39. The van der Waals surface area contributed by atoms with Crippen molar-refractivity contribution in [1.82, 2.24) is 10.0 Å². The van der Waals surface area contributed by atoms with Crippen LogP contribution in [0.3, 0.4) is 0 Å². The van der Waals surface area contributed by atoms with Gasteiger partial charge in [-0.25, -0.2) is 13.1 Å². The highest BCUT2D eigenvalue weighted by atomic mass is 32.2. The molecule has 0 spiro atoms. The number of fused-ring (bicyclic) bond motifs is 1. The lowest BCUT2D eigenvalue weighted by molar-refractivity contribution is 0.420. The molecule has 1 aromatic rings. The molecule has 1 aromatic carbocycles. The first-order chi connectivity index (χ1) is 10.1. The zero-order valence-electron chi connectivity index (χ0n) is 12.3. The van der Waals surface area contributed by atoms with Gasteiger partial charge in [0.05, 0.1) is 4.90 Å². The van der Waals surface area contributed by atoms with Crippen LogP contribution in [0.5, 0.6) is 0 Å². The fourth-order valence-corrected chi connectivity index (χ4v) is 5.24. The second kappa shape index (κ2) is 6.28. The third-order valence-electron chi connectivity index (χ3n) is 4.45. The number of nitrogens with one attached hydrogen (secondary N) is 2. The molecule has 4 nitrogen and oxygen atoms in total. The van der Waals surface area contributed by atoms with E-state index in [9.17, 15) is 8.42 Å². The molecule has 2 N–H and O–H groups in total. The van der Waals surface area contributed by atoms with E-state index in [-0.39, 0.29) is 6.04 Å². The van der Waals surface area contributed by atoms with Crippen molar-refractivity contribution in [1.29, 1.82) is 0 Å². The fourth-order valence-electron chi connectivity index (χ4n) is 3.14. The zero-order chi connectivity index (χ0) is 14.9. The molecule has 1 aliphatic carbocycles. The minimum Gasteiger partial charge on any atom is -0.309 e. The van der Waals surface area contributed by atoms with Gasteiger partial charge >= 0.3 is 0 Å². The van der Waals surface area contributed by atoms with Crippen molar-refractivity contribution in [3.63, 3.8) is 0 Å². The largest absolute Gasteiger partial charge is 0.309 e. The first kappa shape index (κ1) is 15.3. The van der Waals surface area contributed by atoms with Gasteiger partial charge < -0.3 is 5.32 Å². The van der Waals surface area contributed by atoms with Crippen LogP contribution in [0.25, 0.3) is 0 Å². The predicted octanol–water partition coefficient (Wildman–Crippen LogP) is 2.24. The van der Waals surface area contributed by atoms with Crippen molar-refractivity contribution in [3.8, 4) is 0 Å². The van der Waals surface area contributed by atoms with Crippen LogP contribution in [0.4, 0.5) is 0 Å². The molecule has 1 fully saturated rings. The molecule has 6 heteroatoms. The summed E-state index contributed by atoms with van der Waals surface area (Å²) in [6, 6.07) is 5.55. The van der Waals surface area contributed by atoms with Gasteiger partial charge in [-0.05, 0) is 55.2 Å². The Hall–Kier alpha value is -0.560. The van der Waals surface area contributed by atoms with E-state index in [0.717, 1.165) is 44.3 Å². The number of rotatable bonds is 4. The lowest BCUT2D eigenvalue weighted by Gasteiger charge is -2.27. The van der Waals surface area contributed by atoms with E-state index >= 15 is 0 Å². The molecule has 0 atom stereocenters. The first-order valence-corrected chi connectivity index (χ1v) is 10.2. The van der Waals surface area contributed by atoms with Crippen LogP contribution in [0, 0.1) is 0 Å². The van der Waals surface area contributed by atoms with Gasteiger partial charge in [0.15, 0.2) is 0 Å². The highest BCUT2D eigenvalue weighted by Gasteiger charge is 2.26. The molecule has 21 heavy (non-hydrogen) atoms. The first-order valence-electron chi connectivity index (χ1n) is 7.46. The lowest BCUT2D eigenvalue weighted by atomic mass is 9.96. The maximum atomic E-state index is 12.5. The third kappa shape index (κ3) is 3.44. The lowest BCUT2D eigenvalue weighted by Crippen LogP contribution is -2.38. The normalized spacial score (nSPS) is 25.8. The van der Waals surface area contributed by atoms with E-state index < -0.39 is 10.0 Å². The molecule has 1 saturated carbocycles. The Morgan fingerprint density at radius 2 is 1.86 bits per heavy atom. The monoisotopic (exact) mass is 326 g/mol. The molecule has 3 rings (SSSR count). The summed E-state index contributed by atoms with van der Waals surface area (Å²) in [6.45, 7) is 1.60. The van der Waals surface area contributed by atoms with Gasteiger partial charge in [-0.2, -0.15) is 11.8 Å². The number of hydrogen-bond acceptors (Lipinski definition) is 4. The number of hydrogen-bond donors (Lipinski definition) is 2. The summed E-state index contributed by atoms with van der Waals surface area (Å²) in [5.74, 6) is 0. The summed E-state index contributed by atoms with van der Waals surface area (Å²) in [4.78, 5) is 0.400. The van der Waals surface area contributed by atoms with Crippen LogP contribution in [-0.4, -0.2) is 26.0 Å². The molecular weight excluding hydrogens is 304 g/mol. The molecule has 0 aromatic heterocycles. The summed E-state index contributed by atoms with van der Waals surface area (Å²) in [5.41, 5.74) is 2.30. The highest BCUT2D eigenvalue weighted by Crippen LogP contribution is 2.28. The van der Waals surface area contributed by atoms with Gasteiger partial charge in [0.2, 0.25) is 10.0 Å². The summed E-state index contributed by atoms with van der Waals surface area (Å²) in [6.07, 6.45) is 6.22. The van der Waals surface area contributed by atoms with Crippen LogP contribution < -0.4 is 10.0 Å². The minimum absolute atomic E-state index is 0.0878. The van der Waals surface area contributed by atoms with Gasteiger partial charge in [0, 0.05) is 24.4 Å². The van der Waals surface area contributed by atoms with E-state index in [2.05, 4.69) is 16.3 Å². The standard InChI is InChI=1S/C15H22N2O2S2/c1-20-14-5-3-13(4-6-14)17-21(18,19)15-7-2-11-9-16-10-12(11)8-15/h2,7-8,13-14,16-17H,3-6,9-10H2,1H3. The predicted molar refractivity (Wildman–Crippen MR) is 86.9 cm³/mol. The Kier molecular flexibility index (Phi) is 4.59. The molecule has 1 aliphatic heterocycles. The van der Waals surface area contributed by atoms with E-state index in [4.69, 9.17) is 0 Å². The molecular formula is C15H22N2O2S2. The maximum absolute atomic E-state index is 12.5. The molecule has 0 radical (unpaired) electrons. The van der Waals surface area contributed by atoms with Crippen molar-refractivity contribution < 1.29 is 8.42 Å². The molecule has 116 valence electrons. The molecule has 2 aliphatic rings. The average molecular weight is 326 g/mol. The Morgan fingerprint density at radius 1 is 1.14 bits per heavy atom. The molecule has 0 saturated heterocycles. The number of thioether (sulfide) groups is 1. The van der Waals surface area contributed by atoms with Gasteiger partial charge in [-0.1, -0.05) is 6.07 Å². The summed E-state index contributed by atoms with van der Waals surface area (Å²) in [5, 5.41) is 3.93. The number of sulfonamides is 1.